The van der Waals surface area contributed by atoms with Gasteiger partial charge in [-0.1, -0.05) is 40.5 Å². The molecule has 0 amide bonds. The molecule has 2 N–H and O–H groups in total. The molecule has 0 aliphatic heterocycles. The van der Waals surface area contributed by atoms with Crippen molar-refractivity contribution in [3.63, 3.8) is 0 Å². The van der Waals surface area contributed by atoms with Crippen molar-refractivity contribution in [1.29, 1.82) is 0 Å². The van der Waals surface area contributed by atoms with Gasteiger partial charge in [-0.2, -0.15) is 0 Å². The highest BCUT2D eigenvalue weighted by Gasteiger charge is 2.19. The fourth-order valence-corrected chi connectivity index (χ4v) is 2.79. The number of nitrogens with two attached hydrogens (primary N) is 1. The molecule has 0 aromatic heterocycles. The molecule has 1 rings (SSSR count). The molecule has 0 spiro atoms. The van der Waals surface area contributed by atoms with Crippen molar-refractivity contribution in [1.82, 2.24) is 4.90 Å². The quantitative estimate of drug-likeness (QED) is 0.832. The van der Waals surface area contributed by atoms with E-state index in [1.165, 1.54) is 0 Å². The molecule has 0 radical (unpaired) electrons. The summed E-state index contributed by atoms with van der Waals surface area (Å²) in [5, 5.41) is 0.746. The monoisotopic (exact) mass is 334 g/mol. The summed E-state index contributed by atoms with van der Waals surface area (Å²) in [5.41, 5.74) is 6.98. The lowest BCUT2D eigenvalue weighted by atomic mass is 10.1. The van der Waals surface area contributed by atoms with Crippen LogP contribution in [0.15, 0.2) is 22.7 Å². The average molecular weight is 336 g/mol. The number of hydrogen-bond donors (Lipinski definition) is 1. The van der Waals surface area contributed by atoms with Crippen LogP contribution in [0.2, 0.25) is 5.02 Å². The Morgan fingerprint density at radius 2 is 2.22 bits per heavy atom. The maximum atomic E-state index is 6.29. The first-order valence-corrected chi connectivity index (χ1v) is 7.19. The summed E-state index contributed by atoms with van der Waals surface area (Å²) in [6.07, 6.45) is 0. The predicted octanol–water partition coefficient (Wildman–Crippen LogP) is 3.07. The summed E-state index contributed by atoms with van der Waals surface area (Å²) in [6, 6.07) is 6.06. The lowest BCUT2D eigenvalue weighted by molar-refractivity contribution is 0.125. The molecule has 1 aromatic carbocycles. The predicted molar refractivity (Wildman–Crippen MR) is 80.1 cm³/mol. The van der Waals surface area contributed by atoms with Crippen LogP contribution in [0.1, 0.15) is 18.5 Å². The van der Waals surface area contributed by atoms with E-state index >= 15 is 0 Å². The molecule has 0 aliphatic carbocycles. The van der Waals surface area contributed by atoms with Gasteiger partial charge >= 0.3 is 0 Å². The SMILES string of the molecule is CCN(CCOC)C(CN)c1ccc(Br)cc1Cl. The van der Waals surface area contributed by atoms with Crippen molar-refractivity contribution < 1.29 is 4.74 Å². The van der Waals surface area contributed by atoms with Crippen molar-refractivity contribution in [2.45, 2.75) is 13.0 Å². The van der Waals surface area contributed by atoms with Gasteiger partial charge in [0, 0.05) is 35.7 Å². The summed E-state index contributed by atoms with van der Waals surface area (Å²) in [5.74, 6) is 0. The van der Waals surface area contributed by atoms with E-state index < -0.39 is 0 Å². The zero-order valence-electron chi connectivity index (χ0n) is 10.8. The van der Waals surface area contributed by atoms with Crippen LogP contribution in [-0.4, -0.2) is 38.3 Å². The Labute approximate surface area is 122 Å². The number of likely N-dealkylation sites (N-methyl/N-ethyl adjacent to an activating group) is 1. The first-order valence-electron chi connectivity index (χ1n) is 6.02. The van der Waals surface area contributed by atoms with Crippen molar-refractivity contribution in [2.75, 3.05) is 33.4 Å². The fourth-order valence-electron chi connectivity index (χ4n) is 1.99. The Balaban J connectivity index is 2.92. The van der Waals surface area contributed by atoms with Crippen LogP contribution in [0.25, 0.3) is 0 Å². The molecule has 0 saturated carbocycles. The van der Waals surface area contributed by atoms with Gasteiger partial charge in [-0.3, -0.25) is 4.90 Å². The normalized spacial score (nSPS) is 13.0. The molecule has 102 valence electrons. The van der Waals surface area contributed by atoms with E-state index in [0.717, 1.165) is 28.1 Å². The van der Waals surface area contributed by atoms with E-state index in [-0.39, 0.29) is 6.04 Å². The van der Waals surface area contributed by atoms with Crippen LogP contribution in [0.5, 0.6) is 0 Å². The molecular weight excluding hydrogens is 316 g/mol. The van der Waals surface area contributed by atoms with Gasteiger partial charge < -0.3 is 10.5 Å². The number of nitrogens with zero attached hydrogens (tertiary/aromatic N) is 1. The number of ether oxygens (including phenoxy) is 1. The smallest absolute Gasteiger partial charge is 0.0589 e. The first-order chi connectivity index (χ1) is 8.63. The Morgan fingerprint density at radius 3 is 2.72 bits per heavy atom. The van der Waals surface area contributed by atoms with Gasteiger partial charge in [-0.05, 0) is 24.2 Å². The molecule has 0 saturated heterocycles. The molecule has 0 aliphatic rings. The van der Waals surface area contributed by atoms with E-state index in [1.54, 1.807) is 7.11 Å². The van der Waals surface area contributed by atoms with Crippen LogP contribution in [0.3, 0.4) is 0 Å². The van der Waals surface area contributed by atoms with E-state index in [0.29, 0.717) is 13.2 Å². The molecule has 3 nitrogen and oxygen atoms in total. The van der Waals surface area contributed by atoms with Gasteiger partial charge in [0.05, 0.1) is 6.61 Å². The number of methoxy groups -OCH3 is 1. The average Bonchev–Trinajstić information content (AvgIpc) is 2.36. The van der Waals surface area contributed by atoms with Gasteiger partial charge in [0.25, 0.3) is 0 Å². The minimum Gasteiger partial charge on any atom is -0.383 e. The third-order valence-corrected chi connectivity index (χ3v) is 3.79. The molecule has 5 heteroatoms. The number of rotatable bonds is 7. The third-order valence-electron chi connectivity index (χ3n) is 2.97. The molecule has 0 heterocycles. The fraction of sp³-hybridized carbons (Fsp3) is 0.538. The topological polar surface area (TPSA) is 38.5 Å². The van der Waals surface area contributed by atoms with Gasteiger partial charge in [0.2, 0.25) is 0 Å². The summed E-state index contributed by atoms with van der Waals surface area (Å²) < 4.78 is 6.11. The molecule has 18 heavy (non-hydrogen) atoms. The highest BCUT2D eigenvalue weighted by Crippen LogP contribution is 2.29. The molecular formula is C13H20BrClN2O. The maximum Gasteiger partial charge on any atom is 0.0589 e. The standard InChI is InChI=1S/C13H20BrClN2O/c1-3-17(6-7-18-2)13(9-16)11-5-4-10(14)8-12(11)15/h4-5,8,13H,3,6-7,9,16H2,1-2H3. The van der Waals surface area contributed by atoms with Crippen LogP contribution in [-0.2, 0) is 4.74 Å². The minimum absolute atomic E-state index is 0.130. The molecule has 0 bridgehead atoms. The Morgan fingerprint density at radius 1 is 1.50 bits per heavy atom. The lowest BCUT2D eigenvalue weighted by Gasteiger charge is -2.30. The number of halogens is 2. The Kier molecular flexibility index (Phi) is 7.19. The largest absolute Gasteiger partial charge is 0.383 e. The van der Waals surface area contributed by atoms with Crippen LogP contribution in [0.4, 0.5) is 0 Å². The minimum atomic E-state index is 0.130. The van der Waals surface area contributed by atoms with E-state index in [2.05, 4.69) is 27.8 Å². The zero-order chi connectivity index (χ0) is 13.5. The summed E-state index contributed by atoms with van der Waals surface area (Å²) in [4.78, 5) is 2.28. The highest BCUT2D eigenvalue weighted by atomic mass is 79.9. The number of hydrogen-bond acceptors (Lipinski definition) is 3. The molecule has 1 atom stereocenters. The second kappa shape index (κ2) is 8.12. The van der Waals surface area contributed by atoms with E-state index in [1.807, 2.05) is 18.2 Å². The lowest BCUT2D eigenvalue weighted by Crippen LogP contribution is -2.36. The van der Waals surface area contributed by atoms with Gasteiger partial charge in [0.15, 0.2) is 0 Å². The number of benzene rings is 1. The Bertz CT molecular complexity index is 376. The molecule has 0 fully saturated rings. The second-order valence-corrected chi connectivity index (χ2v) is 5.36. The van der Waals surface area contributed by atoms with E-state index in [4.69, 9.17) is 22.1 Å². The summed E-state index contributed by atoms with van der Waals surface area (Å²) >= 11 is 9.71. The molecule has 1 aromatic rings. The highest BCUT2D eigenvalue weighted by molar-refractivity contribution is 9.10. The summed E-state index contributed by atoms with van der Waals surface area (Å²) in [6.45, 7) is 5.11. The van der Waals surface area contributed by atoms with Crippen LogP contribution < -0.4 is 5.73 Å². The Hall–Kier alpha value is -0.130. The maximum absolute atomic E-state index is 6.29. The van der Waals surface area contributed by atoms with E-state index in [9.17, 15) is 0 Å². The summed E-state index contributed by atoms with van der Waals surface area (Å²) in [7, 11) is 1.71. The van der Waals surface area contributed by atoms with Gasteiger partial charge in [-0.15, -0.1) is 0 Å². The zero-order valence-corrected chi connectivity index (χ0v) is 13.2. The van der Waals surface area contributed by atoms with Gasteiger partial charge in [-0.25, -0.2) is 0 Å². The second-order valence-electron chi connectivity index (χ2n) is 4.04. The van der Waals surface area contributed by atoms with Crippen LogP contribution in [0, 0.1) is 0 Å². The van der Waals surface area contributed by atoms with Crippen molar-refractivity contribution in [3.8, 4) is 0 Å². The first kappa shape index (κ1) is 15.9. The third kappa shape index (κ3) is 4.21. The van der Waals surface area contributed by atoms with Crippen molar-refractivity contribution >= 4 is 27.5 Å². The van der Waals surface area contributed by atoms with Crippen molar-refractivity contribution in [3.05, 3.63) is 33.3 Å². The molecule has 1 unspecified atom stereocenters. The van der Waals surface area contributed by atoms with Crippen LogP contribution >= 0.6 is 27.5 Å². The van der Waals surface area contributed by atoms with Gasteiger partial charge in [0.1, 0.15) is 0 Å². The van der Waals surface area contributed by atoms with Crippen molar-refractivity contribution in [2.24, 2.45) is 5.73 Å².